The van der Waals surface area contributed by atoms with Gasteiger partial charge in [-0.1, -0.05) is 29.5 Å². The van der Waals surface area contributed by atoms with Gasteiger partial charge >= 0.3 is 0 Å². The fourth-order valence-electron chi connectivity index (χ4n) is 2.62. The molecule has 1 aliphatic rings. The van der Waals surface area contributed by atoms with E-state index >= 15 is 0 Å². The first-order valence-corrected chi connectivity index (χ1v) is 8.58. The van der Waals surface area contributed by atoms with Crippen molar-refractivity contribution in [3.05, 3.63) is 53.1 Å². The molecule has 0 atom stereocenters. The molecule has 2 aromatic carbocycles. The van der Waals surface area contributed by atoms with Gasteiger partial charge in [-0.2, -0.15) is 10.5 Å². The van der Waals surface area contributed by atoms with Crippen LogP contribution in [0.25, 0.3) is 0 Å². The molecular formula is C19H17N3OS. The summed E-state index contributed by atoms with van der Waals surface area (Å²) in [6, 6.07) is 16.2. The molecule has 0 aliphatic carbocycles. The highest BCUT2D eigenvalue weighted by Crippen LogP contribution is 2.37. The van der Waals surface area contributed by atoms with Crippen molar-refractivity contribution in [1.82, 2.24) is 0 Å². The molecule has 1 fully saturated rings. The zero-order chi connectivity index (χ0) is 16.9. The van der Waals surface area contributed by atoms with Crippen LogP contribution in [0.1, 0.15) is 16.7 Å². The zero-order valence-electron chi connectivity index (χ0n) is 13.5. The molecular weight excluding hydrogens is 318 g/mol. The lowest BCUT2D eigenvalue weighted by Crippen LogP contribution is -2.36. The van der Waals surface area contributed by atoms with E-state index in [1.54, 1.807) is 11.8 Å². The number of hydrogen-bond donors (Lipinski definition) is 0. The summed E-state index contributed by atoms with van der Waals surface area (Å²) in [5.41, 5.74) is 3.06. The zero-order valence-corrected chi connectivity index (χ0v) is 14.3. The Morgan fingerprint density at radius 1 is 1.00 bits per heavy atom. The van der Waals surface area contributed by atoms with Crippen LogP contribution in [0.3, 0.4) is 0 Å². The van der Waals surface area contributed by atoms with E-state index in [0.29, 0.717) is 24.3 Å². The third-order valence-corrected chi connectivity index (χ3v) is 5.00. The highest BCUT2D eigenvalue weighted by molar-refractivity contribution is 7.99. The lowest BCUT2D eigenvalue weighted by molar-refractivity contribution is 0.122. The smallest absolute Gasteiger partial charge is 0.101 e. The van der Waals surface area contributed by atoms with Crippen LogP contribution in [0.5, 0.6) is 0 Å². The lowest BCUT2D eigenvalue weighted by atomic mass is 10.1. The van der Waals surface area contributed by atoms with E-state index in [9.17, 15) is 10.5 Å². The van der Waals surface area contributed by atoms with Crippen LogP contribution in [-0.2, 0) is 4.74 Å². The summed E-state index contributed by atoms with van der Waals surface area (Å²) in [4.78, 5) is 4.34. The van der Waals surface area contributed by atoms with Gasteiger partial charge in [-0.25, -0.2) is 0 Å². The molecule has 1 heterocycles. The number of nitrogens with zero attached hydrogens (tertiary/aromatic N) is 3. The molecule has 0 radical (unpaired) electrons. The van der Waals surface area contributed by atoms with E-state index in [1.807, 2.05) is 12.1 Å². The van der Waals surface area contributed by atoms with E-state index in [1.165, 1.54) is 5.56 Å². The van der Waals surface area contributed by atoms with Crippen LogP contribution in [0.15, 0.2) is 46.2 Å². The fraction of sp³-hybridized carbons (Fsp3) is 0.263. The second kappa shape index (κ2) is 7.40. The minimum atomic E-state index is 0.420. The van der Waals surface area contributed by atoms with Crippen molar-refractivity contribution < 1.29 is 4.74 Å². The highest BCUT2D eigenvalue weighted by Gasteiger charge is 2.18. The Morgan fingerprint density at radius 2 is 1.62 bits per heavy atom. The molecule has 1 aliphatic heterocycles. The fourth-order valence-corrected chi connectivity index (χ4v) is 3.62. The first-order valence-electron chi connectivity index (χ1n) is 7.76. The number of aryl methyl sites for hydroxylation is 1. The molecule has 0 aromatic heterocycles. The van der Waals surface area contributed by atoms with Gasteiger partial charge in [-0.15, -0.1) is 0 Å². The van der Waals surface area contributed by atoms with E-state index in [2.05, 4.69) is 48.2 Å². The van der Waals surface area contributed by atoms with Crippen molar-refractivity contribution >= 4 is 17.4 Å². The van der Waals surface area contributed by atoms with Crippen molar-refractivity contribution in [3.63, 3.8) is 0 Å². The molecule has 0 bridgehead atoms. The second-order valence-corrected chi connectivity index (χ2v) is 6.72. The van der Waals surface area contributed by atoms with Crippen molar-refractivity contribution in [3.8, 4) is 12.1 Å². The molecule has 0 saturated carbocycles. The lowest BCUT2D eigenvalue weighted by Gasteiger charge is -2.30. The van der Waals surface area contributed by atoms with E-state index in [4.69, 9.17) is 4.74 Å². The standard InChI is InChI=1S/C19H17N3OS/c1-14-2-4-17(5-3-14)24-19-11-16(13-21)15(12-20)10-18(19)22-6-8-23-9-7-22/h2-5,10-11H,6-9H2,1H3. The summed E-state index contributed by atoms with van der Waals surface area (Å²) in [5.74, 6) is 0. The summed E-state index contributed by atoms with van der Waals surface area (Å²) in [6.45, 7) is 4.99. The summed E-state index contributed by atoms with van der Waals surface area (Å²) >= 11 is 1.62. The van der Waals surface area contributed by atoms with E-state index in [0.717, 1.165) is 28.6 Å². The highest BCUT2D eigenvalue weighted by atomic mass is 32.2. The van der Waals surface area contributed by atoms with Crippen molar-refractivity contribution in [2.45, 2.75) is 16.7 Å². The number of morpholine rings is 1. The van der Waals surface area contributed by atoms with Gasteiger partial charge in [0.05, 0.1) is 30.0 Å². The van der Waals surface area contributed by atoms with E-state index < -0.39 is 0 Å². The Hall–Kier alpha value is -2.47. The molecule has 2 aromatic rings. The van der Waals surface area contributed by atoms with Gasteiger partial charge < -0.3 is 9.64 Å². The largest absolute Gasteiger partial charge is 0.378 e. The molecule has 0 N–H and O–H groups in total. The van der Waals surface area contributed by atoms with Crippen LogP contribution < -0.4 is 4.90 Å². The van der Waals surface area contributed by atoms with Crippen molar-refractivity contribution in [2.24, 2.45) is 0 Å². The third-order valence-electron chi connectivity index (χ3n) is 3.94. The third kappa shape index (κ3) is 3.54. The number of ether oxygens (including phenoxy) is 1. The number of nitriles is 2. The first-order chi connectivity index (χ1) is 11.7. The molecule has 4 nitrogen and oxygen atoms in total. The Bertz CT molecular complexity index is 812. The van der Waals surface area contributed by atoms with Gasteiger partial charge in [0.25, 0.3) is 0 Å². The maximum Gasteiger partial charge on any atom is 0.101 e. The monoisotopic (exact) mass is 335 g/mol. The minimum Gasteiger partial charge on any atom is -0.378 e. The van der Waals surface area contributed by atoms with Gasteiger partial charge in [0, 0.05) is 22.9 Å². The van der Waals surface area contributed by atoms with Crippen molar-refractivity contribution in [2.75, 3.05) is 31.2 Å². The average molecular weight is 335 g/mol. The van der Waals surface area contributed by atoms with Crippen LogP contribution in [-0.4, -0.2) is 26.3 Å². The Labute approximate surface area is 146 Å². The van der Waals surface area contributed by atoms with Crippen LogP contribution >= 0.6 is 11.8 Å². The summed E-state index contributed by atoms with van der Waals surface area (Å²) in [5, 5.41) is 18.7. The SMILES string of the molecule is Cc1ccc(Sc2cc(C#N)c(C#N)cc2N2CCOCC2)cc1. The Morgan fingerprint density at radius 3 is 2.25 bits per heavy atom. The maximum absolute atomic E-state index is 9.33. The predicted molar refractivity (Wildman–Crippen MR) is 94.2 cm³/mol. The van der Waals surface area contributed by atoms with Gasteiger partial charge in [-0.05, 0) is 31.2 Å². The number of anilines is 1. The average Bonchev–Trinajstić information content (AvgIpc) is 2.64. The second-order valence-electron chi connectivity index (χ2n) is 5.60. The molecule has 0 amide bonds. The summed E-state index contributed by atoms with van der Waals surface area (Å²) in [6.07, 6.45) is 0. The number of rotatable bonds is 3. The van der Waals surface area contributed by atoms with Crippen LogP contribution in [0, 0.1) is 29.6 Å². The van der Waals surface area contributed by atoms with Crippen LogP contribution in [0.2, 0.25) is 0 Å². The molecule has 120 valence electrons. The van der Waals surface area contributed by atoms with Gasteiger partial charge in [-0.3, -0.25) is 0 Å². The summed E-state index contributed by atoms with van der Waals surface area (Å²) in [7, 11) is 0. The van der Waals surface area contributed by atoms with Crippen molar-refractivity contribution in [1.29, 1.82) is 10.5 Å². The van der Waals surface area contributed by atoms with E-state index in [-0.39, 0.29) is 0 Å². The predicted octanol–water partition coefficient (Wildman–Crippen LogP) is 3.73. The minimum absolute atomic E-state index is 0.420. The Balaban J connectivity index is 2.02. The number of benzene rings is 2. The maximum atomic E-state index is 9.33. The quantitative estimate of drug-likeness (QED) is 0.855. The molecule has 5 heteroatoms. The summed E-state index contributed by atoms with van der Waals surface area (Å²) < 4.78 is 5.43. The van der Waals surface area contributed by atoms with Gasteiger partial charge in [0.1, 0.15) is 12.1 Å². The van der Waals surface area contributed by atoms with Crippen LogP contribution in [0.4, 0.5) is 5.69 Å². The Kier molecular flexibility index (Phi) is 5.05. The molecule has 24 heavy (non-hydrogen) atoms. The molecule has 0 spiro atoms. The normalized spacial score (nSPS) is 14.0. The topological polar surface area (TPSA) is 60.0 Å². The number of hydrogen-bond acceptors (Lipinski definition) is 5. The molecule has 3 rings (SSSR count). The first kappa shape index (κ1) is 16.4. The van der Waals surface area contributed by atoms with Gasteiger partial charge in [0.15, 0.2) is 0 Å². The molecule has 0 unspecified atom stereocenters. The van der Waals surface area contributed by atoms with Gasteiger partial charge in [0.2, 0.25) is 0 Å². The molecule has 1 saturated heterocycles.